The molecule has 0 bridgehead atoms. The summed E-state index contributed by atoms with van der Waals surface area (Å²) in [4.78, 5) is 0. The van der Waals surface area contributed by atoms with Crippen LogP contribution in [0.15, 0.2) is 24.3 Å². The smallest absolute Gasteiger partial charge is 0.0467 e. The third-order valence-corrected chi connectivity index (χ3v) is 4.13. The summed E-state index contributed by atoms with van der Waals surface area (Å²) in [7, 11) is 1.77. The van der Waals surface area contributed by atoms with Crippen LogP contribution in [-0.2, 0) is 11.2 Å². The zero-order chi connectivity index (χ0) is 14.4. The standard InChI is InChI=1S/C17H28N2O/c1-17(2,8-9-20-3)13-18-11-14-10-15-6-4-5-7-16(15)19-12-14/h4-7,14,18-19H,8-13H2,1-3H3. The number of rotatable bonds is 7. The summed E-state index contributed by atoms with van der Waals surface area (Å²) < 4.78 is 5.18. The van der Waals surface area contributed by atoms with Gasteiger partial charge in [0.15, 0.2) is 0 Å². The van der Waals surface area contributed by atoms with E-state index in [0.717, 1.165) is 32.7 Å². The molecule has 2 rings (SSSR count). The van der Waals surface area contributed by atoms with Crippen molar-refractivity contribution in [2.24, 2.45) is 11.3 Å². The van der Waals surface area contributed by atoms with Crippen molar-refractivity contribution >= 4 is 5.69 Å². The average Bonchev–Trinajstić information content (AvgIpc) is 2.45. The second-order valence-corrected chi connectivity index (χ2v) is 6.65. The molecule has 3 nitrogen and oxygen atoms in total. The summed E-state index contributed by atoms with van der Waals surface area (Å²) in [6, 6.07) is 8.64. The normalized spacial score (nSPS) is 18.4. The highest BCUT2D eigenvalue weighted by Crippen LogP contribution is 2.24. The second kappa shape index (κ2) is 7.09. The van der Waals surface area contributed by atoms with Crippen LogP contribution in [0.2, 0.25) is 0 Å². The molecule has 1 atom stereocenters. The van der Waals surface area contributed by atoms with Crippen molar-refractivity contribution in [2.45, 2.75) is 26.7 Å². The minimum atomic E-state index is 0.302. The highest BCUT2D eigenvalue weighted by atomic mass is 16.5. The Bertz CT molecular complexity index is 417. The van der Waals surface area contributed by atoms with Gasteiger partial charge in [0.2, 0.25) is 0 Å². The van der Waals surface area contributed by atoms with E-state index in [0.29, 0.717) is 11.3 Å². The topological polar surface area (TPSA) is 33.3 Å². The minimum Gasteiger partial charge on any atom is -0.385 e. The van der Waals surface area contributed by atoms with Crippen LogP contribution in [0.25, 0.3) is 0 Å². The van der Waals surface area contributed by atoms with Gasteiger partial charge in [0.05, 0.1) is 0 Å². The Labute approximate surface area is 123 Å². The molecule has 2 N–H and O–H groups in total. The summed E-state index contributed by atoms with van der Waals surface area (Å²) in [6.45, 7) is 8.64. The molecule has 1 aromatic carbocycles. The lowest BCUT2D eigenvalue weighted by Gasteiger charge is -2.29. The lowest BCUT2D eigenvalue weighted by Crippen LogP contribution is -2.37. The second-order valence-electron chi connectivity index (χ2n) is 6.65. The Morgan fingerprint density at radius 1 is 1.35 bits per heavy atom. The fraction of sp³-hybridized carbons (Fsp3) is 0.647. The van der Waals surface area contributed by atoms with E-state index >= 15 is 0 Å². The van der Waals surface area contributed by atoms with E-state index < -0.39 is 0 Å². The number of nitrogens with one attached hydrogen (secondary N) is 2. The van der Waals surface area contributed by atoms with Crippen LogP contribution >= 0.6 is 0 Å². The van der Waals surface area contributed by atoms with Gasteiger partial charge in [0.1, 0.15) is 0 Å². The number of anilines is 1. The van der Waals surface area contributed by atoms with E-state index in [1.54, 1.807) is 7.11 Å². The summed E-state index contributed by atoms with van der Waals surface area (Å²) in [5.74, 6) is 0.683. The molecule has 0 radical (unpaired) electrons. The Kier molecular flexibility index (Phi) is 5.44. The molecule has 112 valence electrons. The molecule has 1 unspecified atom stereocenters. The van der Waals surface area contributed by atoms with Crippen LogP contribution in [0.3, 0.4) is 0 Å². The van der Waals surface area contributed by atoms with E-state index in [9.17, 15) is 0 Å². The van der Waals surface area contributed by atoms with Crippen LogP contribution < -0.4 is 10.6 Å². The molecule has 0 aromatic heterocycles. The lowest BCUT2D eigenvalue weighted by atomic mass is 9.89. The first kappa shape index (κ1) is 15.3. The van der Waals surface area contributed by atoms with E-state index in [4.69, 9.17) is 4.74 Å². The third-order valence-electron chi connectivity index (χ3n) is 4.13. The van der Waals surface area contributed by atoms with Gasteiger partial charge in [-0.1, -0.05) is 32.0 Å². The van der Waals surface area contributed by atoms with Crippen LogP contribution in [0.4, 0.5) is 5.69 Å². The van der Waals surface area contributed by atoms with Gasteiger partial charge < -0.3 is 15.4 Å². The molecular formula is C17H28N2O. The summed E-state index contributed by atoms with van der Waals surface area (Å²) in [6.07, 6.45) is 2.27. The molecule has 0 saturated carbocycles. The van der Waals surface area contributed by atoms with Gasteiger partial charge >= 0.3 is 0 Å². The quantitative estimate of drug-likeness (QED) is 0.803. The predicted octanol–water partition coefficient (Wildman–Crippen LogP) is 2.92. The molecule has 1 heterocycles. The summed E-state index contributed by atoms with van der Waals surface area (Å²) in [5.41, 5.74) is 3.06. The maximum Gasteiger partial charge on any atom is 0.0467 e. The van der Waals surface area contributed by atoms with Crippen LogP contribution in [0.5, 0.6) is 0 Å². The van der Waals surface area contributed by atoms with Crippen molar-refractivity contribution in [2.75, 3.05) is 38.7 Å². The lowest BCUT2D eigenvalue weighted by molar-refractivity contribution is 0.150. The number of benzene rings is 1. The maximum atomic E-state index is 5.18. The van der Waals surface area contributed by atoms with Crippen LogP contribution in [-0.4, -0.2) is 33.4 Å². The van der Waals surface area contributed by atoms with E-state index in [1.807, 2.05) is 0 Å². The summed E-state index contributed by atoms with van der Waals surface area (Å²) >= 11 is 0. The molecule has 0 aliphatic carbocycles. The third kappa shape index (κ3) is 4.50. The fourth-order valence-corrected chi connectivity index (χ4v) is 2.73. The number of hydrogen-bond acceptors (Lipinski definition) is 3. The highest BCUT2D eigenvalue weighted by molar-refractivity contribution is 5.53. The minimum absolute atomic E-state index is 0.302. The van der Waals surface area contributed by atoms with E-state index in [-0.39, 0.29) is 0 Å². The number of methoxy groups -OCH3 is 1. The molecule has 0 spiro atoms. The van der Waals surface area contributed by atoms with Crippen molar-refractivity contribution < 1.29 is 4.74 Å². The summed E-state index contributed by atoms with van der Waals surface area (Å²) in [5, 5.41) is 7.17. The van der Waals surface area contributed by atoms with Crippen molar-refractivity contribution in [3.05, 3.63) is 29.8 Å². The number of para-hydroxylation sites is 1. The van der Waals surface area contributed by atoms with Gasteiger partial charge in [0.25, 0.3) is 0 Å². The van der Waals surface area contributed by atoms with Gasteiger partial charge in [-0.3, -0.25) is 0 Å². The molecule has 20 heavy (non-hydrogen) atoms. The molecule has 0 fully saturated rings. The predicted molar refractivity (Wildman–Crippen MR) is 85.3 cm³/mol. The first-order valence-corrected chi connectivity index (χ1v) is 7.62. The molecule has 0 saturated heterocycles. The molecule has 1 aliphatic heterocycles. The molecular weight excluding hydrogens is 248 g/mol. The van der Waals surface area contributed by atoms with E-state index in [2.05, 4.69) is 48.7 Å². The first-order chi connectivity index (χ1) is 9.61. The SMILES string of the molecule is COCCC(C)(C)CNCC1CNc2ccccc2C1. The fourth-order valence-electron chi connectivity index (χ4n) is 2.73. The van der Waals surface area contributed by atoms with Crippen LogP contribution in [0.1, 0.15) is 25.8 Å². The largest absolute Gasteiger partial charge is 0.385 e. The zero-order valence-electron chi connectivity index (χ0n) is 13.0. The van der Waals surface area contributed by atoms with Crippen molar-refractivity contribution in [1.29, 1.82) is 0 Å². The van der Waals surface area contributed by atoms with Gasteiger partial charge in [-0.25, -0.2) is 0 Å². The van der Waals surface area contributed by atoms with Crippen LogP contribution in [0, 0.1) is 11.3 Å². The van der Waals surface area contributed by atoms with Crippen molar-refractivity contribution in [3.8, 4) is 0 Å². The number of ether oxygens (including phenoxy) is 1. The number of hydrogen-bond donors (Lipinski definition) is 2. The Hall–Kier alpha value is -1.06. The van der Waals surface area contributed by atoms with Gasteiger partial charge in [-0.2, -0.15) is 0 Å². The van der Waals surface area contributed by atoms with Crippen molar-refractivity contribution in [1.82, 2.24) is 5.32 Å². The van der Waals surface area contributed by atoms with E-state index in [1.165, 1.54) is 17.7 Å². The van der Waals surface area contributed by atoms with Gasteiger partial charge in [-0.05, 0) is 42.3 Å². The zero-order valence-corrected chi connectivity index (χ0v) is 13.0. The molecule has 3 heteroatoms. The molecule has 1 aliphatic rings. The van der Waals surface area contributed by atoms with Crippen molar-refractivity contribution in [3.63, 3.8) is 0 Å². The van der Waals surface area contributed by atoms with Gasteiger partial charge in [0, 0.05) is 32.5 Å². The Balaban J connectivity index is 1.73. The Morgan fingerprint density at radius 3 is 2.95 bits per heavy atom. The monoisotopic (exact) mass is 276 g/mol. The highest BCUT2D eigenvalue weighted by Gasteiger charge is 2.20. The first-order valence-electron chi connectivity index (χ1n) is 7.62. The number of fused-ring (bicyclic) bond motifs is 1. The maximum absolute atomic E-state index is 5.18. The average molecular weight is 276 g/mol. The Morgan fingerprint density at radius 2 is 2.15 bits per heavy atom. The molecule has 0 amide bonds. The molecule has 1 aromatic rings. The van der Waals surface area contributed by atoms with Gasteiger partial charge in [-0.15, -0.1) is 0 Å².